The lowest BCUT2D eigenvalue weighted by atomic mass is 9.33. The zero-order valence-corrected chi connectivity index (χ0v) is 39.5. The van der Waals surface area contributed by atoms with Gasteiger partial charge in [-0.15, -0.1) is 0 Å². The number of aryl methyl sites for hydroxylation is 5. The maximum atomic E-state index is 2.66. The Labute approximate surface area is 377 Å². The summed E-state index contributed by atoms with van der Waals surface area (Å²) in [6.07, 6.45) is 2.34. The lowest BCUT2D eigenvalue weighted by Gasteiger charge is -2.48. The second kappa shape index (κ2) is 14.5. The van der Waals surface area contributed by atoms with Gasteiger partial charge in [0, 0.05) is 39.8 Å². The number of anilines is 9. The predicted octanol–water partition coefficient (Wildman–Crippen LogP) is 14.4. The van der Waals surface area contributed by atoms with Gasteiger partial charge in [0.1, 0.15) is 0 Å². The minimum absolute atomic E-state index is 0.0244. The summed E-state index contributed by atoms with van der Waals surface area (Å²) >= 11 is 0. The van der Waals surface area contributed by atoms with Gasteiger partial charge in [0.05, 0.1) is 11.4 Å². The van der Waals surface area contributed by atoms with E-state index in [1.165, 1.54) is 108 Å². The number of hydrogen-bond acceptors (Lipinski definition) is 3. The van der Waals surface area contributed by atoms with Gasteiger partial charge in [0.25, 0.3) is 6.71 Å². The Balaban J connectivity index is 1.32. The van der Waals surface area contributed by atoms with Crippen molar-refractivity contribution in [1.29, 1.82) is 0 Å². The molecule has 10 rings (SSSR count). The second-order valence-electron chi connectivity index (χ2n) is 21.2. The van der Waals surface area contributed by atoms with E-state index in [0.717, 1.165) is 17.1 Å². The minimum Gasteiger partial charge on any atom is -0.311 e. The SMILES string of the molecule is Cc1cc(C)c(N2c3cc4c(cc3B3c5ccc(N(c6ccccc6)c6ccccc6)cc5N(c5c(C)cc(C(C)(C)C)cc5C)c5cccc2c53)C(C)(C)CCC4(C)C)c(C)c1. The third-order valence-electron chi connectivity index (χ3n) is 14.7. The molecule has 0 amide bonds. The molecule has 0 unspecified atom stereocenters. The van der Waals surface area contributed by atoms with Gasteiger partial charge in [0.15, 0.2) is 0 Å². The highest BCUT2D eigenvalue weighted by atomic mass is 15.2. The molecular formula is C59H62BN3. The van der Waals surface area contributed by atoms with Crippen LogP contribution in [0.3, 0.4) is 0 Å². The smallest absolute Gasteiger partial charge is 0.252 e. The summed E-state index contributed by atoms with van der Waals surface area (Å²) in [5.74, 6) is 0. The first-order chi connectivity index (χ1) is 29.9. The molecule has 7 aromatic carbocycles. The highest BCUT2D eigenvalue weighted by molar-refractivity contribution is 7.00. The third-order valence-corrected chi connectivity index (χ3v) is 14.7. The summed E-state index contributed by atoms with van der Waals surface area (Å²) in [4.78, 5) is 7.69. The van der Waals surface area contributed by atoms with Gasteiger partial charge < -0.3 is 14.7 Å². The monoisotopic (exact) mass is 824 g/mol. The molecule has 63 heavy (non-hydrogen) atoms. The first-order valence-corrected chi connectivity index (χ1v) is 23.1. The van der Waals surface area contributed by atoms with E-state index in [1.54, 1.807) is 0 Å². The lowest BCUT2D eigenvalue weighted by Crippen LogP contribution is -2.62. The fraction of sp³-hybridized carbons (Fsp3) is 0.288. The highest BCUT2D eigenvalue weighted by Crippen LogP contribution is 2.52. The average Bonchev–Trinajstić information content (AvgIpc) is 3.23. The van der Waals surface area contributed by atoms with E-state index in [2.05, 4.69) is 231 Å². The molecule has 2 aliphatic heterocycles. The Bertz CT molecular complexity index is 2870. The van der Waals surface area contributed by atoms with Gasteiger partial charge in [-0.25, -0.2) is 0 Å². The summed E-state index contributed by atoms with van der Waals surface area (Å²) in [6, 6.07) is 51.0. The van der Waals surface area contributed by atoms with Crippen molar-refractivity contribution < 1.29 is 0 Å². The predicted molar refractivity (Wildman–Crippen MR) is 273 cm³/mol. The lowest BCUT2D eigenvalue weighted by molar-refractivity contribution is 0.332. The Hall–Kier alpha value is -6.00. The van der Waals surface area contributed by atoms with Crippen molar-refractivity contribution in [1.82, 2.24) is 0 Å². The van der Waals surface area contributed by atoms with Gasteiger partial charge in [-0.2, -0.15) is 0 Å². The summed E-state index contributed by atoms with van der Waals surface area (Å²) in [7, 11) is 0. The zero-order valence-electron chi connectivity index (χ0n) is 39.5. The molecule has 2 heterocycles. The molecule has 4 heteroatoms. The highest BCUT2D eigenvalue weighted by Gasteiger charge is 2.47. The maximum absolute atomic E-state index is 2.66. The van der Waals surface area contributed by atoms with Gasteiger partial charge in [-0.3, -0.25) is 0 Å². The number of benzene rings is 7. The van der Waals surface area contributed by atoms with Gasteiger partial charge in [0.2, 0.25) is 0 Å². The van der Waals surface area contributed by atoms with Crippen LogP contribution in [0.1, 0.15) is 106 Å². The Kier molecular flexibility index (Phi) is 9.46. The molecule has 3 nitrogen and oxygen atoms in total. The van der Waals surface area contributed by atoms with E-state index in [4.69, 9.17) is 0 Å². The van der Waals surface area contributed by atoms with Crippen molar-refractivity contribution in [3.05, 3.63) is 178 Å². The summed E-state index contributed by atoms with van der Waals surface area (Å²) in [5, 5.41) is 0. The average molecular weight is 824 g/mol. The first kappa shape index (κ1) is 41.0. The van der Waals surface area contributed by atoms with Gasteiger partial charge >= 0.3 is 0 Å². The molecule has 0 N–H and O–H groups in total. The number of rotatable bonds is 5. The molecular weight excluding hydrogens is 761 g/mol. The van der Waals surface area contributed by atoms with Gasteiger partial charge in [-0.05, 0) is 174 Å². The number of fused-ring (bicyclic) bond motifs is 5. The topological polar surface area (TPSA) is 9.72 Å². The molecule has 316 valence electrons. The van der Waals surface area contributed by atoms with E-state index in [0.29, 0.717) is 0 Å². The minimum atomic E-state index is 0.0244. The molecule has 0 saturated carbocycles. The zero-order chi connectivity index (χ0) is 44.3. The van der Waals surface area contributed by atoms with Crippen molar-refractivity contribution in [2.45, 2.75) is 112 Å². The Morgan fingerprint density at radius 1 is 0.476 bits per heavy atom. The van der Waals surface area contributed by atoms with Crippen molar-refractivity contribution in [3.8, 4) is 0 Å². The number of para-hydroxylation sites is 2. The Morgan fingerprint density at radius 3 is 1.46 bits per heavy atom. The molecule has 7 aromatic rings. The van der Waals surface area contributed by atoms with Crippen molar-refractivity contribution in [3.63, 3.8) is 0 Å². The Morgan fingerprint density at radius 2 is 0.952 bits per heavy atom. The summed E-state index contributed by atoms with van der Waals surface area (Å²) in [5.41, 5.74) is 26.1. The standard InChI is InChI=1S/C59H62BN3/c1-37-30-38(2)55(39(3)31-37)63-51-25-19-24-50-54(51)60(49-35-46-47(36-53(49)63)59(11,12)29-28-58(46,9)10)48-27-26-45(61(43-20-15-13-16-21-43)44-22-17-14-18-23-44)34-52(48)62(50)56-40(4)32-42(33-41(56)5)57(6,7)8/h13-27,30-36H,28-29H2,1-12H3. The van der Waals surface area contributed by atoms with E-state index >= 15 is 0 Å². The molecule has 0 saturated heterocycles. The van der Waals surface area contributed by atoms with Crippen LogP contribution in [0.5, 0.6) is 0 Å². The van der Waals surface area contributed by atoms with Crippen LogP contribution in [-0.4, -0.2) is 6.71 Å². The fourth-order valence-corrected chi connectivity index (χ4v) is 11.5. The van der Waals surface area contributed by atoms with Crippen LogP contribution in [-0.2, 0) is 16.2 Å². The van der Waals surface area contributed by atoms with Crippen molar-refractivity contribution in [2.75, 3.05) is 14.7 Å². The molecule has 0 atom stereocenters. The van der Waals surface area contributed by atoms with Crippen LogP contribution in [0.15, 0.2) is 133 Å². The number of hydrogen-bond donors (Lipinski definition) is 0. The van der Waals surface area contributed by atoms with Crippen LogP contribution in [0.2, 0.25) is 0 Å². The molecule has 0 bridgehead atoms. The summed E-state index contributed by atoms with van der Waals surface area (Å²) in [6.45, 7) is 28.3. The van der Waals surface area contributed by atoms with Crippen LogP contribution < -0.4 is 31.1 Å². The van der Waals surface area contributed by atoms with Crippen molar-refractivity contribution in [2.24, 2.45) is 0 Å². The molecule has 0 spiro atoms. The van der Waals surface area contributed by atoms with E-state index in [9.17, 15) is 0 Å². The molecule has 0 aromatic heterocycles. The molecule has 1 aliphatic carbocycles. The quantitative estimate of drug-likeness (QED) is 0.160. The van der Waals surface area contributed by atoms with E-state index in [-0.39, 0.29) is 23.0 Å². The van der Waals surface area contributed by atoms with Crippen molar-refractivity contribution >= 4 is 74.3 Å². The van der Waals surface area contributed by atoms with Crippen LogP contribution in [0.4, 0.5) is 51.2 Å². The van der Waals surface area contributed by atoms with Gasteiger partial charge in [-0.1, -0.05) is 133 Å². The fourth-order valence-electron chi connectivity index (χ4n) is 11.5. The molecule has 0 radical (unpaired) electrons. The third kappa shape index (κ3) is 6.54. The molecule has 0 fully saturated rings. The van der Waals surface area contributed by atoms with E-state index in [1.807, 2.05) is 0 Å². The van der Waals surface area contributed by atoms with E-state index < -0.39 is 0 Å². The molecule has 3 aliphatic rings. The van der Waals surface area contributed by atoms with Crippen LogP contribution in [0, 0.1) is 34.6 Å². The van der Waals surface area contributed by atoms with Crippen LogP contribution in [0.25, 0.3) is 0 Å². The normalized spacial score (nSPS) is 15.7. The largest absolute Gasteiger partial charge is 0.311 e. The number of nitrogens with zero attached hydrogens (tertiary/aromatic N) is 3. The maximum Gasteiger partial charge on any atom is 0.252 e. The second-order valence-corrected chi connectivity index (χ2v) is 21.2. The first-order valence-electron chi connectivity index (χ1n) is 23.1. The summed E-state index contributed by atoms with van der Waals surface area (Å²) < 4.78 is 0. The van der Waals surface area contributed by atoms with Crippen LogP contribution >= 0.6 is 0 Å².